The molecule has 2 atom stereocenters. The zero-order valence-corrected chi connectivity index (χ0v) is 10.1. The molecule has 2 aliphatic heterocycles. The van der Waals surface area contributed by atoms with E-state index in [1.807, 2.05) is 0 Å². The minimum atomic E-state index is -0.341. The zero-order chi connectivity index (χ0) is 10.9. The van der Waals surface area contributed by atoms with Crippen molar-refractivity contribution in [2.24, 2.45) is 5.92 Å². The molecule has 0 radical (unpaired) electrons. The summed E-state index contributed by atoms with van der Waals surface area (Å²) in [6.07, 6.45) is 7.98. The van der Waals surface area contributed by atoms with Crippen molar-refractivity contribution in [3.8, 4) is 0 Å². The smallest absolute Gasteiger partial charge is 0.0677 e. The average Bonchev–Trinajstić information content (AvgIpc) is 2.45. The molecule has 2 saturated heterocycles. The molecule has 2 rings (SSSR count). The van der Waals surface area contributed by atoms with Crippen LogP contribution in [0, 0.1) is 5.92 Å². The van der Waals surface area contributed by atoms with E-state index in [-0.39, 0.29) is 5.60 Å². The highest BCUT2D eigenvalue weighted by Crippen LogP contribution is 2.37. The highest BCUT2D eigenvalue weighted by atomic mass is 16.3. The van der Waals surface area contributed by atoms with Gasteiger partial charge in [0.15, 0.2) is 0 Å². The SMILES string of the molecule is CC(C)CCCC1(O)CC2CCC(C1)N2. The van der Waals surface area contributed by atoms with E-state index in [9.17, 15) is 5.11 Å². The molecular weight excluding hydrogens is 186 g/mol. The average molecular weight is 211 g/mol. The van der Waals surface area contributed by atoms with Crippen molar-refractivity contribution in [2.45, 2.75) is 76.5 Å². The molecule has 2 heterocycles. The number of fused-ring (bicyclic) bond motifs is 2. The first-order chi connectivity index (χ1) is 7.07. The molecular formula is C13H25NO. The Balaban J connectivity index is 1.80. The predicted molar refractivity (Wildman–Crippen MR) is 62.8 cm³/mol. The highest BCUT2D eigenvalue weighted by Gasteiger charge is 2.41. The Kier molecular flexibility index (Phi) is 3.36. The maximum atomic E-state index is 10.5. The number of hydrogen-bond acceptors (Lipinski definition) is 2. The number of aliphatic hydroxyl groups is 1. The first-order valence-corrected chi connectivity index (χ1v) is 6.56. The number of rotatable bonds is 4. The van der Waals surface area contributed by atoms with Gasteiger partial charge in [0, 0.05) is 12.1 Å². The lowest BCUT2D eigenvalue weighted by Gasteiger charge is -2.37. The van der Waals surface area contributed by atoms with Crippen LogP contribution in [0.4, 0.5) is 0 Å². The van der Waals surface area contributed by atoms with Gasteiger partial charge < -0.3 is 10.4 Å². The summed E-state index contributed by atoms with van der Waals surface area (Å²) in [5.41, 5.74) is -0.341. The Labute approximate surface area is 93.5 Å². The second-order valence-electron chi connectivity index (χ2n) is 6.06. The van der Waals surface area contributed by atoms with Crippen LogP contribution in [0.3, 0.4) is 0 Å². The lowest BCUT2D eigenvalue weighted by atomic mass is 9.83. The van der Waals surface area contributed by atoms with E-state index in [0.717, 1.165) is 25.2 Å². The van der Waals surface area contributed by atoms with Crippen LogP contribution < -0.4 is 5.32 Å². The Morgan fingerprint density at radius 1 is 1.27 bits per heavy atom. The van der Waals surface area contributed by atoms with Crippen LogP contribution in [0.1, 0.15) is 58.8 Å². The van der Waals surface area contributed by atoms with E-state index in [0.29, 0.717) is 12.1 Å². The van der Waals surface area contributed by atoms with Gasteiger partial charge in [-0.1, -0.05) is 26.7 Å². The van der Waals surface area contributed by atoms with E-state index in [1.54, 1.807) is 0 Å². The molecule has 15 heavy (non-hydrogen) atoms. The quantitative estimate of drug-likeness (QED) is 0.748. The lowest BCUT2D eigenvalue weighted by molar-refractivity contribution is -0.0163. The largest absolute Gasteiger partial charge is 0.390 e. The predicted octanol–water partition coefficient (Wildman–Crippen LogP) is 2.46. The van der Waals surface area contributed by atoms with Gasteiger partial charge in [0.25, 0.3) is 0 Å². The van der Waals surface area contributed by atoms with Crippen LogP contribution in [0.2, 0.25) is 0 Å². The monoisotopic (exact) mass is 211 g/mol. The lowest BCUT2D eigenvalue weighted by Crippen LogP contribution is -2.48. The first kappa shape index (κ1) is 11.4. The number of piperidine rings is 1. The van der Waals surface area contributed by atoms with Gasteiger partial charge in [-0.2, -0.15) is 0 Å². The fourth-order valence-electron chi connectivity index (χ4n) is 3.27. The van der Waals surface area contributed by atoms with Gasteiger partial charge in [-0.05, 0) is 38.0 Å². The van der Waals surface area contributed by atoms with Crippen LogP contribution in [0.15, 0.2) is 0 Å². The normalized spacial score (nSPS) is 40.0. The first-order valence-electron chi connectivity index (χ1n) is 6.56. The summed E-state index contributed by atoms with van der Waals surface area (Å²) in [5.74, 6) is 0.770. The van der Waals surface area contributed by atoms with Crippen molar-refractivity contribution in [1.82, 2.24) is 5.32 Å². The minimum absolute atomic E-state index is 0.341. The molecule has 2 N–H and O–H groups in total. The third-order valence-electron chi connectivity index (χ3n) is 4.01. The van der Waals surface area contributed by atoms with Crippen molar-refractivity contribution in [2.75, 3.05) is 0 Å². The third-order valence-corrected chi connectivity index (χ3v) is 4.01. The Morgan fingerprint density at radius 3 is 2.40 bits per heavy atom. The van der Waals surface area contributed by atoms with Crippen LogP contribution in [-0.4, -0.2) is 22.8 Å². The van der Waals surface area contributed by atoms with Crippen LogP contribution in [0.25, 0.3) is 0 Å². The van der Waals surface area contributed by atoms with Crippen molar-refractivity contribution in [3.63, 3.8) is 0 Å². The number of hydrogen-bond donors (Lipinski definition) is 2. The molecule has 2 nitrogen and oxygen atoms in total. The zero-order valence-electron chi connectivity index (χ0n) is 10.1. The topological polar surface area (TPSA) is 32.3 Å². The molecule has 2 heteroatoms. The van der Waals surface area contributed by atoms with E-state index in [2.05, 4.69) is 19.2 Å². The van der Waals surface area contributed by atoms with Crippen LogP contribution >= 0.6 is 0 Å². The fourth-order valence-corrected chi connectivity index (χ4v) is 3.27. The van der Waals surface area contributed by atoms with Crippen molar-refractivity contribution in [1.29, 1.82) is 0 Å². The third kappa shape index (κ3) is 2.94. The standard InChI is InChI=1S/C13H25NO/c1-10(2)4-3-7-13(15)8-11-5-6-12(9-13)14-11/h10-12,14-15H,3-9H2,1-2H3. The van der Waals surface area contributed by atoms with Crippen LogP contribution in [-0.2, 0) is 0 Å². The van der Waals surface area contributed by atoms with Crippen LogP contribution in [0.5, 0.6) is 0 Å². The van der Waals surface area contributed by atoms with Gasteiger partial charge in [0.1, 0.15) is 0 Å². The molecule has 0 aromatic rings. The van der Waals surface area contributed by atoms with Gasteiger partial charge in [0.05, 0.1) is 5.60 Å². The molecule has 0 spiro atoms. The van der Waals surface area contributed by atoms with E-state index < -0.39 is 0 Å². The van der Waals surface area contributed by atoms with E-state index in [1.165, 1.54) is 25.7 Å². The Bertz CT molecular complexity index is 203. The van der Waals surface area contributed by atoms with Gasteiger partial charge in [-0.15, -0.1) is 0 Å². The fraction of sp³-hybridized carbons (Fsp3) is 1.00. The molecule has 0 amide bonds. The molecule has 0 aromatic carbocycles. The maximum absolute atomic E-state index is 10.5. The van der Waals surface area contributed by atoms with E-state index >= 15 is 0 Å². The summed E-state index contributed by atoms with van der Waals surface area (Å²) in [6, 6.07) is 1.21. The highest BCUT2D eigenvalue weighted by molar-refractivity contribution is 4.99. The van der Waals surface area contributed by atoms with E-state index in [4.69, 9.17) is 0 Å². The molecule has 88 valence electrons. The summed E-state index contributed by atoms with van der Waals surface area (Å²) in [6.45, 7) is 4.52. The van der Waals surface area contributed by atoms with Gasteiger partial charge in [-0.25, -0.2) is 0 Å². The van der Waals surface area contributed by atoms with Gasteiger partial charge >= 0.3 is 0 Å². The summed E-state index contributed by atoms with van der Waals surface area (Å²) in [7, 11) is 0. The van der Waals surface area contributed by atoms with Crippen molar-refractivity contribution < 1.29 is 5.11 Å². The summed E-state index contributed by atoms with van der Waals surface area (Å²) in [5, 5.41) is 14.1. The molecule has 0 aromatic heterocycles. The summed E-state index contributed by atoms with van der Waals surface area (Å²) < 4.78 is 0. The van der Waals surface area contributed by atoms with Gasteiger partial charge in [-0.3, -0.25) is 0 Å². The Hall–Kier alpha value is -0.0800. The molecule has 2 fully saturated rings. The number of nitrogens with one attached hydrogen (secondary N) is 1. The molecule has 2 aliphatic rings. The minimum Gasteiger partial charge on any atom is -0.390 e. The molecule has 2 bridgehead atoms. The summed E-state index contributed by atoms with van der Waals surface area (Å²) in [4.78, 5) is 0. The van der Waals surface area contributed by atoms with Crippen molar-refractivity contribution >= 4 is 0 Å². The second-order valence-corrected chi connectivity index (χ2v) is 6.06. The molecule has 2 unspecified atom stereocenters. The summed E-state index contributed by atoms with van der Waals surface area (Å²) >= 11 is 0. The van der Waals surface area contributed by atoms with Crippen molar-refractivity contribution in [3.05, 3.63) is 0 Å². The maximum Gasteiger partial charge on any atom is 0.0677 e. The van der Waals surface area contributed by atoms with Gasteiger partial charge in [0.2, 0.25) is 0 Å². The molecule has 0 saturated carbocycles. The molecule has 0 aliphatic carbocycles. The second kappa shape index (κ2) is 4.42. The Morgan fingerprint density at radius 2 is 1.87 bits per heavy atom.